The van der Waals surface area contributed by atoms with Crippen molar-refractivity contribution >= 4 is 5.91 Å². The lowest BCUT2D eigenvalue weighted by atomic mass is 9.85. The Kier molecular flexibility index (Phi) is 6.91. The maximum atomic E-state index is 12.4. The first-order valence-electron chi connectivity index (χ1n) is 8.75. The Morgan fingerprint density at radius 1 is 1.36 bits per heavy atom. The van der Waals surface area contributed by atoms with Gasteiger partial charge in [0.15, 0.2) is 0 Å². The molecule has 3 atom stereocenters. The van der Waals surface area contributed by atoms with E-state index in [1.165, 1.54) is 18.4 Å². The van der Waals surface area contributed by atoms with Crippen LogP contribution in [-0.2, 0) is 4.79 Å². The van der Waals surface area contributed by atoms with Crippen LogP contribution in [0.5, 0.6) is 0 Å². The van der Waals surface area contributed by atoms with Crippen LogP contribution in [-0.4, -0.2) is 19.0 Å². The van der Waals surface area contributed by atoms with E-state index in [1.54, 1.807) is 0 Å². The number of rotatable bonds is 7. The molecule has 1 aliphatic rings. The molecule has 2 N–H and O–H groups in total. The van der Waals surface area contributed by atoms with Gasteiger partial charge < -0.3 is 10.6 Å². The number of benzene rings is 1. The van der Waals surface area contributed by atoms with Crippen molar-refractivity contribution in [3.05, 3.63) is 35.9 Å². The predicted molar refractivity (Wildman–Crippen MR) is 91.6 cm³/mol. The van der Waals surface area contributed by atoms with E-state index in [9.17, 15) is 4.79 Å². The van der Waals surface area contributed by atoms with Gasteiger partial charge in [0.1, 0.15) is 0 Å². The summed E-state index contributed by atoms with van der Waals surface area (Å²) in [6.07, 6.45) is 5.19. The molecule has 0 saturated carbocycles. The van der Waals surface area contributed by atoms with E-state index < -0.39 is 0 Å². The van der Waals surface area contributed by atoms with Crippen molar-refractivity contribution in [2.45, 2.75) is 52.0 Å². The van der Waals surface area contributed by atoms with Crippen LogP contribution in [0.1, 0.15) is 57.6 Å². The molecule has 22 heavy (non-hydrogen) atoms. The molecule has 0 spiro atoms. The Hall–Kier alpha value is -1.35. The smallest absolute Gasteiger partial charge is 0.220 e. The average Bonchev–Trinajstić information content (AvgIpc) is 2.56. The minimum absolute atomic E-state index is 0.149. The second-order valence-corrected chi connectivity index (χ2v) is 6.61. The molecule has 1 fully saturated rings. The van der Waals surface area contributed by atoms with E-state index in [-0.39, 0.29) is 11.9 Å². The predicted octanol–water partition coefficient (Wildman–Crippen LogP) is 3.67. The van der Waals surface area contributed by atoms with Gasteiger partial charge in [-0.3, -0.25) is 4.79 Å². The van der Waals surface area contributed by atoms with E-state index in [4.69, 9.17) is 0 Å². The molecule has 0 bridgehead atoms. The Labute approximate surface area is 134 Å². The van der Waals surface area contributed by atoms with Crippen molar-refractivity contribution in [1.82, 2.24) is 10.6 Å². The van der Waals surface area contributed by atoms with Crippen LogP contribution in [0.4, 0.5) is 0 Å². The molecule has 1 heterocycles. The van der Waals surface area contributed by atoms with Crippen LogP contribution in [0, 0.1) is 11.8 Å². The number of amides is 1. The summed E-state index contributed by atoms with van der Waals surface area (Å²) in [4.78, 5) is 12.4. The number of carbonyl (C=O) groups is 1. The first kappa shape index (κ1) is 17.0. The molecular weight excluding hydrogens is 272 g/mol. The van der Waals surface area contributed by atoms with E-state index >= 15 is 0 Å². The van der Waals surface area contributed by atoms with Gasteiger partial charge in [0.2, 0.25) is 5.91 Å². The molecule has 0 radical (unpaired) electrons. The summed E-state index contributed by atoms with van der Waals surface area (Å²) in [6.45, 7) is 6.57. The highest BCUT2D eigenvalue weighted by Crippen LogP contribution is 2.24. The van der Waals surface area contributed by atoms with Crippen LogP contribution in [0.3, 0.4) is 0 Å². The monoisotopic (exact) mass is 302 g/mol. The maximum Gasteiger partial charge on any atom is 0.220 e. The zero-order valence-electron chi connectivity index (χ0n) is 14.0. The van der Waals surface area contributed by atoms with Crippen LogP contribution in [0.25, 0.3) is 0 Å². The highest BCUT2D eigenvalue weighted by atomic mass is 16.1. The van der Waals surface area contributed by atoms with Gasteiger partial charge in [0, 0.05) is 6.42 Å². The van der Waals surface area contributed by atoms with Gasteiger partial charge >= 0.3 is 0 Å². The van der Waals surface area contributed by atoms with Crippen LogP contribution < -0.4 is 10.6 Å². The second-order valence-electron chi connectivity index (χ2n) is 6.61. The number of nitrogens with one attached hydrogen (secondary N) is 2. The summed E-state index contributed by atoms with van der Waals surface area (Å²) in [6, 6.07) is 10.5. The van der Waals surface area contributed by atoms with Gasteiger partial charge in [-0.15, -0.1) is 0 Å². The zero-order valence-corrected chi connectivity index (χ0v) is 14.0. The van der Waals surface area contributed by atoms with Gasteiger partial charge in [-0.2, -0.15) is 0 Å². The fourth-order valence-corrected chi connectivity index (χ4v) is 3.37. The summed E-state index contributed by atoms with van der Waals surface area (Å²) in [7, 11) is 0. The average molecular weight is 302 g/mol. The molecule has 3 unspecified atom stereocenters. The van der Waals surface area contributed by atoms with Crippen molar-refractivity contribution in [2.75, 3.05) is 13.1 Å². The summed E-state index contributed by atoms with van der Waals surface area (Å²) >= 11 is 0. The Bertz CT molecular complexity index is 440. The van der Waals surface area contributed by atoms with Gasteiger partial charge in [-0.25, -0.2) is 0 Å². The lowest BCUT2D eigenvalue weighted by molar-refractivity contribution is -0.123. The van der Waals surface area contributed by atoms with Gasteiger partial charge in [-0.1, -0.05) is 50.6 Å². The first-order valence-corrected chi connectivity index (χ1v) is 8.75. The Balaban J connectivity index is 1.87. The summed E-state index contributed by atoms with van der Waals surface area (Å²) in [5, 5.41) is 6.69. The summed E-state index contributed by atoms with van der Waals surface area (Å²) in [5.41, 5.74) is 1.21. The zero-order chi connectivity index (χ0) is 15.8. The summed E-state index contributed by atoms with van der Waals surface area (Å²) in [5.74, 6) is 1.28. The lowest BCUT2D eigenvalue weighted by Crippen LogP contribution is -2.36. The highest BCUT2D eigenvalue weighted by Gasteiger charge is 2.23. The minimum atomic E-state index is 0.149. The van der Waals surface area contributed by atoms with Crippen molar-refractivity contribution in [2.24, 2.45) is 11.8 Å². The third-order valence-corrected chi connectivity index (χ3v) is 4.76. The molecule has 0 aliphatic carbocycles. The minimum Gasteiger partial charge on any atom is -0.349 e. The quantitative estimate of drug-likeness (QED) is 0.807. The first-order chi connectivity index (χ1) is 10.7. The topological polar surface area (TPSA) is 41.1 Å². The van der Waals surface area contributed by atoms with Crippen molar-refractivity contribution in [3.8, 4) is 0 Å². The standard InChI is InChI=1S/C19H30N2O/c1-3-8-18(16-9-5-4-6-10-16)21-19(22)13-15(2)17-11-7-12-20-14-17/h4-6,9-10,15,17-18,20H,3,7-8,11-14H2,1-2H3,(H,21,22). The third kappa shape index (κ3) is 5.13. The molecular formula is C19H30N2O. The molecule has 3 nitrogen and oxygen atoms in total. The SMILES string of the molecule is CCCC(NC(=O)CC(C)C1CCCNC1)c1ccccc1. The number of hydrogen-bond donors (Lipinski definition) is 2. The second kappa shape index (κ2) is 8.94. The van der Waals surface area contributed by atoms with Crippen molar-refractivity contribution in [3.63, 3.8) is 0 Å². The Morgan fingerprint density at radius 2 is 2.14 bits per heavy atom. The van der Waals surface area contributed by atoms with E-state index in [1.807, 2.05) is 18.2 Å². The molecule has 0 aromatic heterocycles. The van der Waals surface area contributed by atoms with Crippen molar-refractivity contribution in [1.29, 1.82) is 0 Å². The molecule has 1 aliphatic heterocycles. The molecule has 2 rings (SSSR count). The van der Waals surface area contributed by atoms with Crippen LogP contribution >= 0.6 is 0 Å². The fraction of sp³-hybridized carbons (Fsp3) is 0.632. The summed E-state index contributed by atoms with van der Waals surface area (Å²) < 4.78 is 0. The lowest BCUT2D eigenvalue weighted by Gasteiger charge is -2.28. The fourth-order valence-electron chi connectivity index (χ4n) is 3.37. The maximum absolute atomic E-state index is 12.4. The molecule has 1 saturated heterocycles. The van der Waals surface area contributed by atoms with Crippen molar-refractivity contribution < 1.29 is 4.79 Å². The number of carbonyl (C=O) groups excluding carboxylic acids is 1. The molecule has 3 heteroatoms. The van der Waals surface area contributed by atoms with Crippen LogP contribution in [0.2, 0.25) is 0 Å². The normalized spacial score (nSPS) is 21.1. The Morgan fingerprint density at radius 3 is 2.77 bits per heavy atom. The highest BCUT2D eigenvalue weighted by molar-refractivity contribution is 5.76. The third-order valence-electron chi connectivity index (χ3n) is 4.76. The molecule has 122 valence electrons. The van der Waals surface area contributed by atoms with Gasteiger partial charge in [0.25, 0.3) is 0 Å². The van der Waals surface area contributed by atoms with Gasteiger partial charge in [0.05, 0.1) is 6.04 Å². The molecule has 1 aromatic rings. The van der Waals surface area contributed by atoms with E-state index in [0.29, 0.717) is 18.3 Å². The van der Waals surface area contributed by atoms with E-state index in [0.717, 1.165) is 25.9 Å². The molecule has 1 amide bonds. The largest absolute Gasteiger partial charge is 0.349 e. The van der Waals surface area contributed by atoms with Gasteiger partial charge in [-0.05, 0) is 49.8 Å². The van der Waals surface area contributed by atoms with E-state index in [2.05, 4.69) is 36.6 Å². The molecule has 1 aromatic carbocycles. The van der Waals surface area contributed by atoms with Crippen LogP contribution in [0.15, 0.2) is 30.3 Å². The number of piperidine rings is 1. The number of hydrogen-bond acceptors (Lipinski definition) is 2.